The third-order valence-corrected chi connectivity index (χ3v) is 3.64. The van der Waals surface area contributed by atoms with Crippen molar-refractivity contribution in [3.8, 4) is 10.4 Å². The molecule has 2 rings (SSSR count). The summed E-state index contributed by atoms with van der Waals surface area (Å²) in [4.78, 5) is 1.21. The smallest absolute Gasteiger partial charge is 0.0507 e. The van der Waals surface area contributed by atoms with Crippen LogP contribution in [0.25, 0.3) is 10.4 Å². The third kappa shape index (κ3) is 1.81. The van der Waals surface area contributed by atoms with Crippen molar-refractivity contribution in [2.45, 2.75) is 6.92 Å². The van der Waals surface area contributed by atoms with E-state index in [0.29, 0.717) is 10.0 Å². The molecule has 0 aliphatic carbocycles. The molecule has 14 heavy (non-hydrogen) atoms. The minimum atomic E-state index is 0.674. The van der Waals surface area contributed by atoms with Crippen molar-refractivity contribution in [2.75, 3.05) is 0 Å². The van der Waals surface area contributed by atoms with E-state index in [4.69, 9.17) is 23.2 Å². The lowest BCUT2D eigenvalue weighted by atomic mass is 10.1. The van der Waals surface area contributed by atoms with Crippen LogP contribution in [0.3, 0.4) is 0 Å². The summed E-state index contributed by atoms with van der Waals surface area (Å²) in [5, 5.41) is 3.45. The van der Waals surface area contributed by atoms with E-state index in [1.54, 1.807) is 17.4 Å². The lowest BCUT2D eigenvalue weighted by Gasteiger charge is -2.03. The maximum atomic E-state index is 6.12. The van der Waals surface area contributed by atoms with Crippen LogP contribution in [0.4, 0.5) is 0 Å². The van der Waals surface area contributed by atoms with Crippen LogP contribution in [0, 0.1) is 6.92 Å². The fourth-order valence-corrected chi connectivity index (χ4v) is 2.85. The minimum absolute atomic E-state index is 0.674. The van der Waals surface area contributed by atoms with Gasteiger partial charge in [-0.25, -0.2) is 0 Å². The van der Waals surface area contributed by atoms with Crippen LogP contribution >= 0.6 is 34.5 Å². The molecule has 0 spiro atoms. The molecule has 0 atom stereocenters. The van der Waals surface area contributed by atoms with Crippen molar-refractivity contribution < 1.29 is 0 Å². The maximum absolute atomic E-state index is 6.12. The summed E-state index contributed by atoms with van der Waals surface area (Å²) in [7, 11) is 0. The molecular formula is C11H8Cl2S. The van der Waals surface area contributed by atoms with Gasteiger partial charge < -0.3 is 0 Å². The van der Waals surface area contributed by atoms with Gasteiger partial charge in [0.05, 0.1) is 5.02 Å². The Morgan fingerprint density at radius 2 is 1.93 bits per heavy atom. The van der Waals surface area contributed by atoms with Crippen LogP contribution in [0.2, 0.25) is 10.0 Å². The number of benzene rings is 1. The van der Waals surface area contributed by atoms with Gasteiger partial charge >= 0.3 is 0 Å². The lowest BCUT2D eigenvalue weighted by Crippen LogP contribution is -1.77. The van der Waals surface area contributed by atoms with Gasteiger partial charge in [0.2, 0.25) is 0 Å². The Labute approximate surface area is 97.1 Å². The zero-order chi connectivity index (χ0) is 10.1. The topological polar surface area (TPSA) is 0 Å². The molecule has 0 aliphatic heterocycles. The van der Waals surface area contributed by atoms with Crippen LogP contribution in [0.5, 0.6) is 0 Å². The lowest BCUT2D eigenvalue weighted by molar-refractivity contribution is 1.54. The van der Waals surface area contributed by atoms with Gasteiger partial charge in [0.15, 0.2) is 0 Å². The number of thiophene rings is 1. The number of aryl methyl sites for hydroxylation is 1. The first-order valence-electron chi connectivity index (χ1n) is 4.18. The van der Waals surface area contributed by atoms with Crippen LogP contribution in [-0.4, -0.2) is 0 Å². The molecule has 3 heteroatoms. The molecule has 0 bridgehead atoms. The van der Waals surface area contributed by atoms with Gasteiger partial charge in [-0.3, -0.25) is 0 Å². The molecule has 0 fully saturated rings. The molecule has 0 saturated heterocycles. The predicted molar refractivity (Wildman–Crippen MR) is 64.5 cm³/mol. The van der Waals surface area contributed by atoms with Crippen LogP contribution < -0.4 is 0 Å². The largest absolute Gasteiger partial charge is 0.143 e. The first-order valence-corrected chi connectivity index (χ1v) is 5.81. The van der Waals surface area contributed by atoms with E-state index < -0.39 is 0 Å². The van der Waals surface area contributed by atoms with E-state index in [1.165, 1.54) is 10.4 Å². The second kappa shape index (κ2) is 3.93. The highest BCUT2D eigenvalue weighted by molar-refractivity contribution is 7.13. The molecule has 0 amide bonds. The van der Waals surface area contributed by atoms with Crippen molar-refractivity contribution in [2.24, 2.45) is 0 Å². The summed E-state index contributed by atoms with van der Waals surface area (Å²) in [5.41, 5.74) is 2.31. The highest BCUT2D eigenvalue weighted by Crippen LogP contribution is 2.35. The van der Waals surface area contributed by atoms with Crippen molar-refractivity contribution in [3.05, 3.63) is 45.3 Å². The molecule has 0 saturated carbocycles. The molecule has 0 radical (unpaired) electrons. The second-order valence-electron chi connectivity index (χ2n) is 3.06. The van der Waals surface area contributed by atoms with Gasteiger partial charge in [0.25, 0.3) is 0 Å². The number of rotatable bonds is 1. The first kappa shape index (κ1) is 10.0. The molecule has 1 heterocycles. The second-order valence-corrected chi connectivity index (χ2v) is 4.82. The van der Waals surface area contributed by atoms with Crippen LogP contribution in [-0.2, 0) is 0 Å². The highest BCUT2D eigenvalue weighted by Gasteiger charge is 2.07. The standard InChI is InChI=1S/C11H8Cl2S/c1-7-4-5-14-11(7)9-3-2-8(12)6-10(9)13/h2-6H,1H3. The Bertz CT molecular complexity index is 460. The van der Waals surface area contributed by atoms with E-state index in [0.717, 1.165) is 5.56 Å². The highest BCUT2D eigenvalue weighted by atomic mass is 35.5. The Morgan fingerprint density at radius 1 is 1.14 bits per heavy atom. The first-order chi connectivity index (χ1) is 6.68. The predicted octanol–water partition coefficient (Wildman–Crippen LogP) is 5.03. The van der Waals surface area contributed by atoms with E-state index >= 15 is 0 Å². The SMILES string of the molecule is Cc1ccsc1-c1ccc(Cl)cc1Cl. The zero-order valence-corrected chi connectivity index (χ0v) is 9.88. The Hall–Kier alpha value is -0.500. The van der Waals surface area contributed by atoms with Gasteiger partial charge in [-0.15, -0.1) is 11.3 Å². The molecule has 1 aromatic carbocycles. The Morgan fingerprint density at radius 3 is 2.50 bits per heavy atom. The summed E-state index contributed by atoms with van der Waals surface area (Å²) in [5.74, 6) is 0. The van der Waals surface area contributed by atoms with Crippen LogP contribution in [0.1, 0.15) is 5.56 Å². The Kier molecular flexibility index (Phi) is 2.82. The number of hydrogen-bond donors (Lipinski definition) is 0. The summed E-state index contributed by atoms with van der Waals surface area (Å²) >= 11 is 13.6. The third-order valence-electron chi connectivity index (χ3n) is 2.04. The molecule has 72 valence electrons. The fraction of sp³-hybridized carbons (Fsp3) is 0.0909. The molecule has 0 unspecified atom stereocenters. The molecule has 0 nitrogen and oxygen atoms in total. The van der Waals surface area contributed by atoms with Crippen LogP contribution in [0.15, 0.2) is 29.6 Å². The molecule has 2 aromatic rings. The monoisotopic (exact) mass is 242 g/mol. The fourth-order valence-electron chi connectivity index (χ4n) is 1.32. The maximum Gasteiger partial charge on any atom is 0.0507 e. The summed E-state index contributed by atoms with van der Waals surface area (Å²) < 4.78 is 0. The molecular weight excluding hydrogens is 235 g/mol. The van der Waals surface area contributed by atoms with Gasteiger partial charge in [-0.1, -0.05) is 29.3 Å². The average Bonchev–Trinajstić information content (AvgIpc) is 2.52. The Balaban J connectivity index is 2.58. The van der Waals surface area contributed by atoms with Gasteiger partial charge in [0, 0.05) is 15.5 Å². The number of hydrogen-bond acceptors (Lipinski definition) is 1. The minimum Gasteiger partial charge on any atom is -0.143 e. The summed E-state index contributed by atoms with van der Waals surface area (Å²) in [6.07, 6.45) is 0. The van der Waals surface area contributed by atoms with Gasteiger partial charge in [-0.2, -0.15) is 0 Å². The van der Waals surface area contributed by atoms with E-state index in [-0.39, 0.29) is 0 Å². The molecule has 1 aromatic heterocycles. The van der Waals surface area contributed by atoms with Crippen molar-refractivity contribution in [1.82, 2.24) is 0 Å². The van der Waals surface area contributed by atoms with Crippen molar-refractivity contribution >= 4 is 34.5 Å². The van der Waals surface area contributed by atoms with Crippen molar-refractivity contribution in [1.29, 1.82) is 0 Å². The normalized spacial score (nSPS) is 10.5. The zero-order valence-electron chi connectivity index (χ0n) is 7.55. The van der Waals surface area contributed by atoms with E-state index in [9.17, 15) is 0 Å². The summed E-state index contributed by atoms with van der Waals surface area (Å²) in [6.45, 7) is 2.08. The van der Waals surface area contributed by atoms with Gasteiger partial charge in [-0.05, 0) is 36.1 Å². The summed E-state index contributed by atoms with van der Waals surface area (Å²) in [6, 6.07) is 7.69. The van der Waals surface area contributed by atoms with Crippen molar-refractivity contribution in [3.63, 3.8) is 0 Å². The number of halogens is 2. The van der Waals surface area contributed by atoms with E-state index in [1.807, 2.05) is 12.1 Å². The molecule has 0 N–H and O–H groups in total. The van der Waals surface area contributed by atoms with E-state index in [2.05, 4.69) is 18.4 Å². The quantitative estimate of drug-likeness (QED) is 0.658. The average molecular weight is 243 g/mol. The van der Waals surface area contributed by atoms with Gasteiger partial charge in [0.1, 0.15) is 0 Å². The molecule has 0 aliphatic rings.